The van der Waals surface area contributed by atoms with Gasteiger partial charge in [0.05, 0.1) is 12.4 Å². The molecule has 154 valence electrons. The molecule has 12 heteroatoms. The summed E-state index contributed by atoms with van der Waals surface area (Å²) in [6, 6.07) is 1.86. The second-order valence-corrected chi connectivity index (χ2v) is 6.83. The average Bonchev–Trinajstić information content (AvgIpc) is 2.69. The minimum Gasteiger partial charge on any atom is -0.385 e. The molecule has 0 aromatic carbocycles. The molecule has 0 aliphatic carbocycles. The van der Waals surface area contributed by atoms with Gasteiger partial charge in [0.1, 0.15) is 29.7 Å². The first-order chi connectivity index (χ1) is 13.6. The molecule has 9 nitrogen and oxygen atoms in total. The van der Waals surface area contributed by atoms with Gasteiger partial charge in [-0.05, 0) is 12.8 Å². The van der Waals surface area contributed by atoms with Crippen LogP contribution in [0.1, 0.15) is 18.5 Å². The van der Waals surface area contributed by atoms with Crippen LogP contribution in [0.5, 0.6) is 0 Å². The van der Waals surface area contributed by atoms with Gasteiger partial charge in [0.25, 0.3) is 5.91 Å². The van der Waals surface area contributed by atoms with Crippen molar-refractivity contribution in [2.24, 2.45) is 17.6 Å². The van der Waals surface area contributed by atoms with E-state index in [-0.39, 0.29) is 11.4 Å². The van der Waals surface area contributed by atoms with Crippen molar-refractivity contribution in [3.05, 3.63) is 29.5 Å². The van der Waals surface area contributed by atoms with Gasteiger partial charge in [0.2, 0.25) is 0 Å². The predicted molar refractivity (Wildman–Crippen MR) is 94.3 cm³/mol. The van der Waals surface area contributed by atoms with Gasteiger partial charge in [-0.2, -0.15) is 18.4 Å². The van der Waals surface area contributed by atoms with E-state index in [0.29, 0.717) is 31.7 Å². The largest absolute Gasteiger partial charge is 0.398 e. The molecule has 1 aromatic heterocycles. The Morgan fingerprint density at radius 2 is 2.00 bits per heavy atom. The van der Waals surface area contributed by atoms with E-state index in [1.165, 1.54) is 12.4 Å². The maximum Gasteiger partial charge on any atom is 0.398 e. The summed E-state index contributed by atoms with van der Waals surface area (Å²) in [5, 5.41) is 28.9. The lowest BCUT2D eigenvalue weighted by Gasteiger charge is -2.37. The van der Waals surface area contributed by atoms with E-state index in [2.05, 4.69) is 9.97 Å². The molecule has 0 saturated carbocycles. The number of amides is 1. The fourth-order valence-electron chi connectivity index (χ4n) is 3.57. The van der Waals surface area contributed by atoms with Crippen LogP contribution in [0.15, 0.2) is 23.8 Å². The summed E-state index contributed by atoms with van der Waals surface area (Å²) in [5.41, 5.74) is 4.86. The number of aromatic nitrogens is 2. The number of piperidine rings is 1. The number of anilines is 1. The minimum absolute atomic E-state index is 0.170. The van der Waals surface area contributed by atoms with Crippen molar-refractivity contribution in [3.8, 4) is 6.07 Å². The number of nitrogens with two attached hydrogens (primary N) is 1. The first-order valence-electron chi connectivity index (χ1n) is 8.74. The Morgan fingerprint density at radius 3 is 2.52 bits per heavy atom. The normalized spacial score (nSPS) is 23.6. The third-order valence-corrected chi connectivity index (χ3v) is 5.07. The average molecular weight is 409 g/mol. The number of carbonyl (C=O) groups is 1. The van der Waals surface area contributed by atoms with Gasteiger partial charge in [-0.3, -0.25) is 4.79 Å². The fourth-order valence-corrected chi connectivity index (χ4v) is 3.57. The first kappa shape index (κ1) is 20.5. The molecule has 1 saturated heterocycles. The first-order valence-corrected chi connectivity index (χ1v) is 8.74. The van der Waals surface area contributed by atoms with Crippen LogP contribution >= 0.6 is 0 Å². The molecule has 3 heterocycles. The molecular formula is C17H18F3N7O2. The van der Waals surface area contributed by atoms with E-state index >= 15 is 0 Å². The van der Waals surface area contributed by atoms with Crippen molar-refractivity contribution in [2.75, 3.05) is 18.0 Å². The van der Waals surface area contributed by atoms with Gasteiger partial charge >= 0.3 is 6.18 Å². The highest BCUT2D eigenvalue weighted by molar-refractivity contribution is 6.03. The van der Waals surface area contributed by atoms with Crippen LogP contribution in [0, 0.1) is 28.6 Å². The van der Waals surface area contributed by atoms with Crippen molar-refractivity contribution >= 4 is 17.4 Å². The Kier molecular flexibility index (Phi) is 5.43. The van der Waals surface area contributed by atoms with E-state index < -0.39 is 41.4 Å². The zero-order valence-corrected chi connectivity index (χ0v) is 15.1. The van der Waals surface area contributed by atoms with Gasteiger partial charge in [0.15, 0.2) is 5.69 Å². The Hall–Kier alpha value is -3.20. The van der Waals surface area contributed by atoms with Crippen molar-refractivity contribution in [2.45, 2.75) is 25.1 Å². The minimum atomic E-state index is -4.93. The van der Waals surface area contributed by atoms with Crippen LogP contribution in [0.4, 0.5) is 19.0 Å². The van der Waals surface area contributed by atoms with E-state index in [1.807, 2.05) is 16.3 Å². The molecule has 3 rings (SSSR count). The molecule has 2 aliphatic rings. The van der Waals surface area contributed by atoms with Crippen molar-refractivity contribution in [1.82, 2.24) is 15.3 Å². The zero-order valence-electron chi connectivity index (χ0n) is 15.1. The molecule has 2 aliphatic heterocycles. The van der Waals surface area contributed by atoms with Crippen molar-refractivity contribution < 1.29 is 23.1 Å². The monoisotopic (exact) mass is 409 g/mol. The quantitative estimate of drug-likeness (QED) is 0.528. The highest BCUT2D eigenvalue weighted by atomic mass is 19.4. The Bertz CT molecular complexity index is 884. The molecule has 1 fully saturated rings. The summed E-state index contributed by atoms with van der Waals surface area (Å²) < 4.78 is 40.5. The molecule has 5 N–H and O–H groups in total. The Labute approximate surface area is 163 Å². The van der Waals surface area contributed by atoms with Gasteiger partial charge in [-0.1, -0.05) is 0 Å². The molecule has 1 amide bonds. The Morgan fingerprint density at radius 1 is 1.34 bits per heavy atom. The van der Waals surface area contributed by atoms with Crippen LogP contribution in [0.3, 0.4) is 0 Å². The maximum absolute atomic E-state index is 13.5. The summed E-state index contributed by atoms with van der Waals surface area (Å²) in [5.74, 6) is -4.32. The molecule has 1 aromatic rings. The molecule has 0 unspecified atom stereocenters. The second kappa shape index (κ2) is 7.67. The van der Waals surface area contributed by atoms with Gasteiger partial charge < -0.3 is 26.5 Å². The van der Waals surface area contributed by atoms with Crippen molar-refractivity contribution in [3.63, 3.8) is 0 Å². The number of alkyl halides is 3. The summed E-state index contributed by atoms with van der Waals surface area (Å²) in [4.78, 5) is 21.5. The number of hydrogen-bond acceptors (Lipinski definition) is 8. The molecule has 29 heavy (non-hydrogen) atoms. The van der Waals surface area contributed by atoms with E-state index in [4.69, 9.17) is 16.4 Å². The second-order valence-electron chi connectivity index (χ2n) is 6.83. The number of hydrogen-bond donors (Lipinski definition) is 4. The third kappa shape index (κ3) is 4.00. The lowest BCUT2D eigenvalue weighted by atomic mass is 9.79. The van der Waals surface area contributed by atoms with Crippen LogP contribution in [0.25, 0.3) is 0 Å². The number of nitriles is 1. The smallest absolute Gasteiger partial charge is 0.385 e. The van der Waals surface area contributed by atoms with Crippen LogP contribution in [0.2, 0.25) is 0 Å². The zero-order chi connectivity index (χ0) is 21.3. The number of rotatable bonds is 3. The number of carbonyl (C=O) groups excluding carboxylic acids is 1. The summed E-state index contributed by atoms with van der Waals surface area (Å²) in [6.45, 7) is 0.818. The lowest BCUT2D eigenvalue weighted by Crippen LogP contribution is -2.54. The fraction of sp³-hybridized carbons (Fsp3) is 0.471. The number of halogens is 3. The molecule has 2 atom stereocenters. The predicted octanol–water partition coefficient (Wildman–Crippen LogP) is 0.424. The number of nitrogens with one attached hydrogen (secondary N) is 2. The number of aliphatic hydroxyl groups excluding tert-OH is 1. The molecule has 0 bridgehead atoms. The Balaban J connectivity index is 1.76. The van der Waals surface area contributed by atoms with Gasteiger partial charge in [-0.25, -0.2) is 9.97 Å². The maximum atomic E-state index is 13.5. The van der Waals surface area contributed by atoms with Gasteiger partial charge in [-0.15, -0.1) is 0 Å². The summed E-state index contributed by atoms with van der Waals surface area (Å²) in [7, 11) is 0. The highest BCUT2D eigenvalue weighted by Crippen LogP contribution is 2.39. The molecular weight excluding hydrogens is 391 g/mol. The molecule has 0 spiro atoms. The van der Waals surface area contributed by atoms with Gasteiger partial charge in [0, 0.05) is 30.3 Å². The van der Waals surface area contributed by atoms with Crippen LogP contribution in [-0.2, 0) is 4.79 Å². The highest BCUT2D eigenvalue weighted by Gasteiger charge is 2.53. The SMILES string of the molecule is N#Cc1cnc(N2CCC(C(=N)C3=C(N)NC(=O)[C@H](O)[C@@H]3C(F)(F)F)CC2)cn1. The third-order valence-electron chi connectivity index (χ3n) is 5.07. The van der Waals surface area contributed by atoms with E-state index in [1.54, 1.807) is 0 Å². The van der Waals surface area contributed by atoms with E-state index in [0.717, 1.165) is 0 Å². The standard InChI is InChI=1S/C17H18F3N7O2/c18-17(19,20)12-11(15(23)26-16(29)14(12)28)13(22)8-1-3-27(4-2-8)10-7-24-9(5-21)6-25-10/h6-8,12,14,22,28H,1-4,23H2,(H,26,29)/t12-,14-/m1/s1. The summed E-state index contributed by atoms with van der Waals surface area (Å²) >= 11 is 0. The number of nitrogens with zero attached hydrogens (tertiary/aromatic N) is 4. The number of aliphatic hydroxyl groups is 1. The van der Waals surface area contributed by atoms with Crippen LogP contribution < -0.4 is 16.0 Å². The van der Waals surface area contributed by atoms with Crippen molar-refractivity contribution in [1.29, 1.82) is 10.7 Å². The summed E-state index contributed by atoms with van der Waals surface area (Å²) in [6.07, 6.45) is -3.81. The topological polar surface area (TPSA) is 152 Å². The van der Waals surface area contributed by atoms with Crippen LogP contribution in [-0.4, -0.2) is 52.1 Å². The lowest BCUT2D eigenvalue weighted by molar-refractivity contribution is -0.192. The van der Waals surface area contributed by atoms with E-state index in [9.17, 15) is 23.1 Å². The molecule has 0 radical (unpaired) electrons.